The van der Waals surface area contributed by atoms with E-state index in [9.17, 15) is 0 Å². The molecule has 0 amide bonds. The Morgan fingerprint density at radius 1 is 1.12 bits per heavy atom. The number of nitrogens with one attached hydrogen (secondary N) is 1. The molecule has 0 saturated heterocycles. The second-order valence-electron chi connectivity index (χ2n) is 3.82. The van der Waals surface area contributed by atoms with Gasteiger partial charge in [0.15, 0.2) is 0 Å². The van der Waals surface area contributed by atoms with Gasteiger partial charge in [-0.3, -0.25) is 0 Å². The summed E-state index contributed by atoms with van der Waals surface area (Å²) in [5, 5.41) is 3.78. The lowest BCUT2D eigenvalue weighted by Crippen LogP contribution is -2.02. The van der Waals surface area contributed by atoms with Gasteiger partial charge in [-0.15, -0.1) is 0 Å². The van der Waals surface area contributed by atoms with Crippen molar-refractivity contribution in [3.8, 4) is 11.3 Å². The Kier molecular flexibility index (Phi) is 3.29. The number of hydrogen-bond donors (Lipinski definition) is 1. The first-order valence-corrected chi connectivity index (χ1v) is 5.79. The molecule has 17 heavy (non-hydrogen) atoms. The zero-order chi connectivity index (χ0) is 12.4. The van der Waals surface area contributed by atoms with Crippen molar-refractivity contribution in [3.63, 3.8) is 0 Å². The van der Waals surface area contributed by atoms with Crippen molar-refractivity contribution in [2.75, 3.05) is 12.4 Å². The largest absolute Gasteiger partial charge is 0.373 e. The number of anilines is 1. The minimum Gasteiger partial charge on any atom is -0.373 e. The zero-order valence-corrected chi connectivity index (χ0v) is 10.8. The Morgan fingerprint density at radius 2 is 1.82 bits per heavy atom. The van der Waals surface area contributed by atoms with Crippen LogP contribution in [0.15, 0.2) is 24.3 Å². The molecule has 4 heteroatoms. The van der Waals surface area contributed by atoms with Gasteiger partial charge in [0.1, 0.15) is 11.6 Å². The van der Waals surface area contributed by atoms with Gasteiger partial charge in [-0.05, 0) is 19.9 Å². The van der Waals surface area contributed by atoms with Crippen molar-refractivity contribution in [3.05, 3.63) is 40.7 Å². The summed E-state index contributed by atoms with van der Waals surface area (Å²) in [6.45, 7) is 3.87. The van der Waals surface area contributed by atoms with Gasteiger partial charge in [0, 0.05) is 23.2 Å². The first kappa shape index (κ1) is 11.9. The van der Waals surface area contributed by atoms with E-state index < -0.39 is 0 Å². The third-order valence-electron chi connectivity index (χ3n) is 2.62. The summed E-state index contributed by atoms with van der Waals surface area (Å²) in [7, 11) is 1.85. The van der Waals surface area contributed by atoms with E-state index in [1.165, 1.54) is 0 Å². The van der Waals surface area contributed by atoms with Crippen molar-refractivity contribution >= 4 is 17.4 Å². The Bertz CT molecular complexity index is 552. The van der Waals surface area contributed by atoms with Crippen LogP contribution in [-0.2, 0) is 0 Å². The average molecular weight is 248 g/mol. The predicted molar refractivity (Wildman–Crippen MR) is 71.5 cm³/mol. The predicted octanol–water partition coefficient (Wildman–Crippen LogP) is 3.46. The first-order valence-electron chi connectivity index (χ1n) is 5.41. The molecule has 88 valence electrons. The van der Waals surface area contributed by atoms with Crippen LogP contribution in [0.2, 0.25) is 5.02 Å². The smallest absolute Gasteiger partial charge is 0.132 e. The van der Waals surface area contributed by atoms with E-state index in [2.05, 4.69) is 15.3 Å². The highest BCUT2D eigenvalue weighted by atomic mass is 35.5. The van der Waals surface area contributed by atoms with Crippen LogP contribution in [-0.4, -0.2) is 17.0 Å². The van der Waals surface area contributed by atoms with Gasteiger partial charge in [-0.25, -0.2) is 9.97 Å². The first-order chi connectivity index (χ1) is 8.13. The Labute approximate surface area is 106 Å². The topological polar surface area (TPSA) is 37.8 Å². The summed E-state index contributed by atoms with van der Waals surface area (Å²) in [6.07, 6.45) is 0. The number of rotatable bonds is 2. The summed E-state index contributed by atoms with van der Waals surface area (Å²) < 4.78 is 0. The van der Waals surface area contributed by atoms with Gasteiger partial charge < -0.3 is 5.32 Å². The molecule has 0 bridgehead atoms. The fourth-order valence-electron chi connectivity index (χ4n) is 1.79. The van der Waals surface area contributed by atoms with Crippen LogP contribution >= 0.6 is 11.6 Å². The maximum atomic E-state index is 6.20. The Balaban J connectivity index is 2.67. The number of hydrogen-bond acceptors (Lipinski definition) is 3. The molecule has 2 rings (SSSR count). The van der Waals surface area contributed by atoms with E-state index in [-0.39, 0.29) is 0 Å². The third kappa shape index (κ3) is 2.24. The lowest BCUT2D eigenvalue weighted by atomic mass is 10.1. The molecule has 1 N–H and O–H groups in total. The average Bonchev–Trinajstić information content (AvgIpc) is 2.32. The fourth-order valence-corrected chi connectivity index (χ4v) is 2.01. The summed E-state index contributed by atoms with van der Waals surface area (Å²) >= 11 is 6.20. The van der Waals surface area contributed by atoms with Crippen LogP contribution in [0.1, 0.15) is 11.4 Å². The van der Waals surface area contributed by atoms with Crippen molar-refractivity contribution in [1.29, 1.82) is 0 Å². The minimum atomic E-state index is 0.704. The summed E-state index contributed by atoms with van der Waals surface area (Å²) in [6, 6.07) is 7.70. The molecule has 0 spiro atoms. The second-order valence-corrected chi connectivity index (χ2v) is 4.23. The van der Waals surface area contributed by atoms with Gasteiger partial charge in [-0.1, -0.05) is 29.8 Å². The van der Waals surface area contributed by atoms with Gasteiger partial charge in [0.2, 0.25) is 0 Å². The number of nitrogens with zero attached hydrogens (tertiary/aromatic N) is 2. The van der Waals surface area contributed by atoms with Crippen LogP contribution < -0.4 is 5.32 Å². The molecule has 0 aliphatic rings. The number of halogens is 1. The summed E-state index contributed by atoms with van der Waals surface area (Å²) in [5.74, 6) is 1.57. The third-order valence-corrected chi connectivity index (χ3v) is 2.95. The summed E-state index contributed by atoms with van der Waals surface area (Å²) in [5.41, 5.74) is 2.83. The van der Waals surface area contributed by atoms with Crippen molar-refractivity contribution < 1.29 is 0 Å². The lowest BCUT2D eigenvalue weighted by molar-refractivity contribution is 1.04. The highest BCUT2D eigenvalue weighted by Gasteiger charge is 2.12. The number of aryl methyl sites for hydroxylation is 1. The van der Waals surface area contributed by atoms with E-state index in [0.29, 0.717) is 5.02 Å². The minimum absolute atomic E-state index is 0.704. The molecule has 0 fully saturated rings. The van der Waals surface area contributed by atoms with E-state index in [4.69, 9.17) is 11.6 Å². The molecule has 2 aromatic rings. The molecule has 1 aromatic heterocycles. The van der Waals surface area contributed by atoms with Gasteiger partial charge in [-0.2, -0.15) is 0 Å². The quantitative estimate of drug-likeness (QED) is 0.883. The van der Waals surface area contributed by atoms with Crippen LogP contribution in [0.5, 0.6) is 0 Å². The Hall–Kier alpha value is -1.61. The van der Waals surface area contributed by atoms with E-state index >= 15 is 0 Å². The molecular formula is C13H14ClN3. The molecule has 0 aliphatic carbocycles. The highest BCUT2D eigenvalue weighted by molar-refractivity contribution is 6.33. The monoisotopic (exact) mass is 247 g/mol. The fraction of sp³-hybridized carbons (Fsp3) is 0.231. The van der Waals surface area contributed by atoms with Crippen molar-refractivity contribution in [2.24, 2.45) is 0 Å². The van der Waals surface area contributed by atoms with E-state index in [1.807, 2.05) is 45.2 Å². The molecule has 3 nitrogen and oxygen atoms in total. The van der Waals surface area contributed by atoms with Gasteiger partial charge in [0.05, 0.1) is 5.69 Å². The molecule has 0 atom stereocenters. The number of benzene rings is 1. The van der Waals surface area contributed by atoms with Gasteiger partial charge in [0.25, 0.3) is 0 Å². The molecule has 0 unspecified atom stereocenters. The maximum Gasteiger partial charge on any atom is 0.132 e. The molecule has 1 heterocycles. The second kappa shape index (κ2) is 4.72. The van der Waals surface area contributed by atoms with Crippen LogP contribution in [0.3, 0.4) is 0 Å². The normalized spacial score (nSPS) is 10.4. The van der Waals surface area contributed by atoms with Gasteiger partial charge >= 0.3 is 0 Å². The SMILES string of the molecule is CNc1nc(C)nc(-c2ccccc2Cl)c1C. The van der Waals surface area contributed by atoms with Crippen LogP contribution in [0.25, 0.3) is 11.3 Å². The molecule has 0 aliphatic heterocycles. The van der Waals surface area contributed by atoms with E-state index in [1.54, 1.807) is 0 Å². The van der Waals surface area contributed by atoms with E-state index in [0.717, 1.165) is 28.5 Å². The highest BCUT2D eigenvalue weighted by Crippen LogP contribution is 2.30. The molecule has 0 radical (unpaired) electrons. The molecule has 0 saturated carbocycles. The summed E-state index contributed by atoms with van der Waals surface area (Å²) in [4.78, 5) is 8.82. The van der Waals surface area contributed by atoms with Crippen LogP contribution in [0.4, 0.5) is 5.82 Å². The standard InChI is InChI=1S/C13H14ClN3/c1-8-12(10-6-4-5-7-11(10)14)16-9(2)17-13(8)15-3/h4-7H,1-3H3,(H,15,16,17). The van der Waals surface area contributed by atoms with Crippen LogP contribution in [0, 0.1) is 13.8 Å². The van der Waals surface area contributed by atoms with Crippen molar-refractivity contribution in [1.82, 2.24) is 9.97 Å². The number of aromatic nitrogens is 2. The zero-order valence-electron chi connectivity index (χ0n) is 10.1. The molecular weight excluding hydrogens is 234 g/mol. The van der Waals surface area contributed by atoms with Crippen molar-refractivity contribution in [2.45, 2.75) is 13.8 Å². The maximum absolute atomic E-state index is 6.20. The lowest BCUT2D eigenvalue weighted by Gasteiger charge is -2.11. The molecule has 1 aromatic carbocycles. The Morgan fingerprint density at radius 3 is 2.47 bits per heavy atom.